The molecule has 0 aliphatic carbocycles. The van der Waals surface area contributed by atoms with Crippen LogP contribution in [0.4, 0.5) is 0 Å². The summed E-state index contributed by atoms with van der Waals surface area (Å²) >= 11 is 0. The van der Waals surface area contributed by atoms with Crippen molar-refractivity contribution in [1.82, 2.24) is 15.0 Å². The summed E-state index contributed by atoms with van der Waals surface area (Å²) in [5.41, 5.74) is 4.28. The molecular formula is C15H21N3. The Hall–Kier alpha value is -1.51. The number of nitrogens with zero attached hydrogens (tertiary/aromatic N) is 3. The van der Waals surface area contributed by atoms with Crippen molar-refractivity contribution in [2.45, 2.75) is 52.4 Å². The van der Waals surface area contributed by atoms with Crippen molar-refractivity contribution >= 4 is 11.0 Å². The Bertz CT molecular complexity index is 522. The van der Waals surface area contributed by atoms with Crippen LogP contribution in [0.1, 0.15) is 52.8 Å². The zero-order valence-electron chi connectivity index (χ0n) is 12.1. The van der Waals surface area contributed by atoms with E-state index in [9.17, 15) is 0 Å². The highest BCUT2D eigenvalue weighted by Crippen LogP contribution is 2.33. The normalized spacial score (nSPS) is 13.0. The summed E-state index contributed by atoms with van der Waals surface area (Å²) in [7, 11) is 0. The lowest BCUT2D eigenvalue weighted by atomic mass is 9.78. The van der Waals surface area contributed by atoms with Crippen LogP contribution >= 0.6 is 0 Å². The van der Waals surface area contributed by atoms with Crippen LogP contribution in [0.3, 0.4) is 0 Å². The molecule has 0 fully saturated rings. The second kappa shape index (κ2) is 4.01. The van der Waals surface area contributed by atoms with E-state index in [1.54, 1.807) is 12.5 Å². The molecule has 0 bridgehead atoms. The maximum absolute atomic E-state index is 4.79. The summed E-state index contributed by atoms with van der Waals surface area (Å²) in [6, 6.07) is 2.16. The Morgan fingerprint density at radius 3 is 2.11 bits per heavy atom. The van der Waals surface area contributed by atoms with Crippen LogP contribution in [0.25, 0.3) is 11.0 Å². The Kier molecular flexibility index (Phi) is 2.88. The van der Waals surface area contributed by atoms with Gasteiger partial charge in [-0.05, 0) is 17.0 Å². The first-order chi connectivity index (χ1) is 8.19. The van der Waals surface area contributed by atoms with Crippen LogP contribution in [-0.4, -0.2) is 15.0 Å². The average Bonchev–Trinajstić information content (AvgIpc) is 2.25. The highest BCUT2D eigenvalue weighted by Gasteiger charge is 2.27. The molecule has 0 aromatic carbocycles. The molecule has 0 saturated carbocycles. The van der Waals surface area contributed by atoms with E-state index < -0.39 is 0 Å². The van der Waals surface area contributed by atoms with E-state index in [4.69, 9.17) is 4.98 Å². The van der Waals surface area contributed by atoms with E-state index in [0.717, 1.165) is 16.7 Å². The van der Waals surface area contributed by atoms with Gasteiger partial charge in [0.1, 0.15) is 11.8 Å². The third-order valence-corrected chi connectivity index (χ3v) is 3.01. The van der Waals surface area contributed by atoms with Crippen molar-refractivity contribution in [3.05, 3.63) is 29.8 Å². The molecule has 3 heteroatoms. The van der Waals surface area contributed by atoms with Crippen molar-refractivity contribution in [2.75, 3.05) is 0 Å². The van der Waals surface area contributed by atoms with Gasteiger partial charge in [-0.2, -0.15) is 0 Å². The highest BCUT2D eigenvalue weighted by atomic mass is 14.9. The van der Waals surface area contributed by atoms with E-state index in [1.165, 1.54) is 5.56 Å². The van der Waals surface area contributed by atoms with Gasteiger partial charge in [-0.3, -0.25) is 0 Å². The van der Waals surface area contributed by atoms with Crippen LogP contribution in [0.5, 0.6) is 0 Å². The largest absolute Gasteiger partial charge is 0.249 e. The van der Waals surface area contributed by atoms with Crippen LogP contribution in [0, 0.1) is 0 Å². The molecule has 0 atom stereocenters. The highest BCUT2D eigenvalue weighted by molar-refractivity contribution is 5.74. The second-order valence-corrected chi connectivity index (χ2v) is 6.81. The number of fused-ring (bicyclic) bond motifs is 1. The number of rotatable bonds is 0. The van der Waals surface area contributed by atoms with E-state index in [-0.39, 0.29) is 10.8 Å². The van der Waals surface area contributed by atoms with Gasteiger partial charge in [-0.1, -0.05) is 41.5 Å². The quantitative estimate of drug-likeness (QED) is 0.709. The van der Waals surface area contributed by atoms with Crippen LogP contribution in [0.15, 0.2) is 18.6 Å². The van der Waals surface area contributed by atoms with Gasteiger partial charge in [0.15, 0.2) is 0 Å². The Labute approximate surface area is 109 Å². The fraction of sp³-hybridized carbons (Fsp3) is 0.533. The van der Waals surface area contributed by atoms with E-state index in [0.29, 0.717) is 0 Å². The molecule has 2 heterocycles. The fourth-order valence-electron chi connectivity index (χ4n) is 2.06. The van der Waals surface area contributed by atoms with Gasteiger partial charge in [0.2, 0.25) is 0 Å². The van der Waals surface area contributed by atoms with Gasteiger partial charge in [0, 0.05) is 5.41 Å². The smallest absolute Gasteiger partial charge is 0.116 e. The van der Waals surface area contributed by atoms with Crippen LogP contribution < -0.4 is 0 Å². The molecular weight excluding hydrogens is 222 g/mol. The van der Waals surface area contributed by atoms with E-state index in [2.05, 4.69) is 57.6 Å². The predicted molar refractivity (Wildman–Crippen MR) is 74.7 cm³/mol. The molecule has 0 amide bonds. The third-order valence-electron chi connectivity index (χ3n) is 3.01. The molecule has 18 heavy (non-hydrogen) atoms. The Morgan fingerprint density at radius 1 is 0.889 bits per heavy atom. The van der Waals surface area contributed by atoms with Crippen LogP contribution in [0.2, 0.25) is 0 Å². The Balaban J connectivity index is 2.81. The fourth-order valence-corrected chi connectivity index (χ4v) is 2.06. The first kappa shape index (κ1) is 12.9. The molecule has 0 aliphatic heterocycles. The minimum Gasteiger partial charge on any atom is -0.249 e. The van der Waals surface area contributed by atoms with Crippen molar-refractivity contribution in [1.29, 1.82) is 0 Å². The molecule has 3 nitrogen and oxygen atoms in total. The second-order valence-electron chi connectivity index (χ2n) is 6.81. The maximum Gasteiger partial charge on any atom is 0.116 e. The summed E-state index contributed by atoms with van der Waals surface area (Å²) in [6.07, 6.45) is 3.36. The zero-order chi connectivity index (χ0) is 13.6. The standard InChI is InChI=1S/C15H21N3/c1-14(2,3)10-7-11-12(8-16-9-17-11)18-13(10)15(4,5)6/h7-9H,1-6H3. The third kappa shape index (κ3) is 2.35. The number of aromatic nitrogens is 3. The summed E-state index contributed by atoms with van der Waals surface area (Å²) in [5.74, 6) is 0. The molecule has 96 valence electrons. The summed E-state index contributed by atoms with van der Waals surface area (Å²) in [6.45, 7) is 13.2. The first-order valence-electron chi connectivity index (χ1n) is 6.31. The average molecular weight is 243 g/mol. The molecule has 2 rings (SSSR count). The van der Waals surface area contributed by atoms with Gasteiger partial charge in [-0.15, -0.1) is 0 Å². The van der Waals surface area contributed by atoms with Gasteiger partial charge in [0.05, 0.1) is 17.4 Å². The monoisotopic (exact) mass is 243 g/mol. The topological polar surface area (TPSA) is 38.7 Å². The zero-order valence-corrected chi connectivity index (χ0v) is 12.1. The molecule has 2 aromatic rings. The molecule has 0 spiro atoms. The van der Waals surface area contributed by atoms with Crippen molar-refractivity contribution < 1.29 is 0 Å². The molecule has 0 unspecified atom stereocenters. The Morgan fingerprint density at radius 2 is 1.56 bits per heavy atom. The van der Waals surface area contributed by atoms with Gasteiger partial charge in [-0.25, -0.2) is 15.0 Å². The summed E-state index contributed by atoms with van der Waals surface area (Å²) in [4.78, 5) is 13.1. The van der Waals surface area contributed by atoms with E-state index >= 15 is 0 Å². The lowest BCUT2D eigenvalue weighted by molar-refractivity contribution is 0.516. The van der Waals surface area contributed by atoms with Crippen molar-refractivity contribution in [2.24, 2.45) is 0 Å². The lowest BCUT2D eigenvalue weighted by Crippen LogP contribution is -2.23. The molecule has 2 aromatic heterocycles. The SMILES string of the molecule is CC(C)(C)c1cc2ncncc2nc1C(C)(C)C. The molecule has 0 aliphatic rings. The predicted octanol–water partition coefficient (Wildman–Crippen LogP) is 3.62. The van der Waals surface area contributed by atoms with Gasteiger partial charge >= 0.3 is 0 Å². The minimum atomic E-state index is 0.0205. The first-order valence-corrected chi connectivity index (χ1v) is 6.31. The van der Waals surface area contributed by atoms with Crippen LogP contribution in [-0.2, 0) is 10.8 Å². The summed E-state index contributed by atoms with van der Waals surface area (Å²) in [5, 5.41) is 0. The number of hydrogen-bond acceptors (Lipinski definition) is 3. The summed E-state index contributed by atoms with van der Waals surface area (Å²) < 4.78 is 0. The lowest BCUT2D eigenvalue weighted by Gasteiger charge is -2.29. The molecule has 0 radical (unpaired) electrons. The van der Waals surface area contributed by atoms with Crippen molar-refractivity contribution in [3.8, 4) is 0 Å². The van der Waals surface area contributed by atoms with Crippen molar-refractivity contribution in [3.63, 3.8) is 0 Å². The van der Waals surface area contributed by atoms with Gasteiger partial charge < -0.3 is 0 Å². The van der Waals surface area contributed by atoms with Gasteiger partial charge in [0.25, 0.3) is 0 Å². The number of hydrogen-bond donors (Lipinski definition) is 0. The number of pyridine rings is 1. The van der Waals surface area contributed by atoms with E-state index in [1.807, 2.05) is 0 Å². The minimum absolute atomic E-state index is 0.0205. The maximum atomic E-state index is 4.79. The molecule has 0 saturated heterocycles. The molecule has 0 N–H and O–H groups in total.